The van der Waals surface area contributed by atoms with E-state index in [1.165, 1.54) is 0 Å². The molecule has 0 fully saturated rings. The molecule has 0 saturated carbocycles. The number of hydrogen-bond donors (Lipinski definition) is 0. The molecule has 2 unspecified atom stereocenters. The van der Waals surface area contributed by atoms with Gasteiger partial charge in [-0.05, 0) is 0 Å². The van der Waals surface area contributed by atoms with E-state index in [1.54, 1.807) is 0 Å². The van der Waals surface area contributed by atoms with Crippen LogP contribution in [0.5, 0.6) is 0 Å². The Kier molecular flexibility index (Phi) is 6.80. The van der Waals surface area contributed by atoms with Gasteiger partial charge in [0.15, 0.2) is 0 Å². The average molecular weight is 271 g/mol. The van der Waals surface area contributed by atoms with Crippen LogP contribution in [0.1, 0.15) is 40.5 Å². The quantitative estimate of drug-likeness (QED) is 0.545. The second-order valence-electron chi connectivity index (χ2n) is 3.42. The molecule has 0 bridgehead atoms. The van der Waals surface area contributed by atoms with Gasteiger partial charge in [0.05, 0.1) is 0 Å². The van der Waals surface area contributed by atoms with Crippen LogP contribution in [-0.4, -0.2) is 34.0 Å². The zero-order chi connectivity index (χ0) is 10.5. The Balaban J connectivity index is 4.00. The fourth-order valence-corrected chi connectivity index (χ4v) is 4.33. The van der Waals surface area contributed by atoms with Crippen LogP contribution >= 0.6 is 5.96 Å². The third-order valence-electron chi connectivity index (χ3n) is 1.89. The Bertz CT molecular complexity index is 168. The molecule has 0 rings (SSSR count). The molecule has 2 atom stereocenters. The number of rotatable bonds is 6. The van der Waals surface area contributed by atoms with Crippen molar-refractivity contribution in [1.29, 1.82) is 0 Å². The van der Waals surface area contributed by atoms with E-state index in [9.17, 15) is 0 Å². The van der Waals surface area contributed by atoms with Crippen LogP contribution in [0.3, 0.4) is 0 Å². The van der Waals surface area contributed by atoms with E-state index in [0.29, 0.717) is 0 Å². The summed E-state index contributed by atoms with van der Waals surface area (Å²) in [6, 6.07) is 0. The summed E-state index contributed by atoms with van der Waals surface area (Å²) >= 11 is 3.05. The molecule has 0 aromatic heterocycles. The van der Waals surface area contributed by atoms with Crippen molar-refractivity contribution in [2.24, 2.45) is 0 Å². The molecule has 0 aliphatic carbocycles. The van der Waals surface area contributed by atoms with E-state index in [1.807, 2.05) is 6.66 Å². The minimum atomic E-state index is -1.71. The zero-order valence-corrected chi connectivity index (χ0v) is 11.8. The van der Waals surface area contributed by atoms with Gasteiger partial charge in [0.1, 0.15) is 0 Å². The Labute approximate surface area is 89.8 Å². The van der Waals surface area contributed by atoms with Crippen LogP contribution in [0, 0.1) is 0 Å². The molecule has 0 saturated heterocycles. The summed E-state index contributed by atoms with van der Waals surface area (Å²) in [6.07, 6.45) is 2.62. The SMILES string of the molecule is CCC(C)OP(C)(=[Se])OC(C)CC. The Morgan fingerprint density at radius 2 is 1.38 bits per heavy atom. The first-order valence-corrected chi connectivity index (χ1v) is 9.14. The Hall–Kier alpha value is 0.869. The second-order valence-corrected chi connectivity index (χ2v) is 9.56. The van der Waals surface area contributed by atoms with Gasteiger partial charge in [-0.1, -0.05) is 0 Å². The molecule has 0 aliphatic rings. The van der Waals surface area contributed by atoms with Crippen molar-refractivity contribution in [3.8, 4) is 0 Å². The predicted molar refractivity (Wildman–Crippen MR) is 60.3 cm³/mol. The van der Waals surface area contributed by atoms with Crippen molar-refractivity contribution >= 4 is 21.1 Å². The molecule has 0 heterocycles. The minimum absolute atomic E-state index is 0.281. The molecule has 0 aromatic carbocycles. The third-order valence-corrected chi connectivity index (χ3v) is 4.46. The Morgan fingerprint density at radius 3 is 1.62 bits per heavy atom. The fraction of sp³-hybridized carbons (Fsp3) is 1.00. The van der Waals surface area contributed by atoms with Crippen LogP contribution < -0.4 is 0 Å². The summed E-state index contributed by atoms with van der Waals surface area (Å²) in [7, 11) is 0. The predicted octanol–water partition coefficient (Wildman–Crippen LogP) is 3.18. The summed E-state index contributed by atoms with van der Waals surface area (Å²) in [5.41, 5.74) is 0. The van der Waals surface area contributed by atoms with Crippen molar-refractivity contribution in [3.05, 3.63) is 0 Å². The van der Waals surface area contributed by atoms with Gasteiger partial charge < -0.3 is 0 Å². The molecule has 0 aromatic rings. The van der Waals surface area contributed by atoms with Gasteiger partial charge in [0.25, 0.3) is 0 Å². The monoisotopic (exact) mass is 272 g/mol. The van der Waals surface area contributed by atoms with Gasteiger partial charge in [0, 0.05) is 0 Å². The molecule has 4 heteroatoms. The third kappa shape index (κ3) is 6.88. The normalized spacial score (nSPS) is 20.7. The van der Waals surface area contributed by atoms with Crippen molar-refractivity contribution in [2.75, 3.05) is 6.66 Å². The number of hydrogen-bond acceptors (Lipinski definition) is 2. The van der Waals surface area contributed by atoms with Crippen molar-refractivity contribution in [3.63, 3.8) is 0 Å². The van der Waals surface area contributed by atoms with Gasteiger partial charge in [0.2, 0.25) is 0 Å². The summed E-state index contributed by atoms with van der Waals surface area (Å²) in [4.78, 5) is 0. The molecule has 80 valence electrons. The van der Waals surface area contributed by atoms with E-state index in [4.69, 9.17) is 9.05 Å². The first-order valence-electron chi connectivity index (χ1n) is 4.85. The van der Waals surface area contributed by atoms with Crippen LogP contribution in [0.25, 0.3) is 0 Å². The van der Waals surface area contributed by atoms with E-state index in [-0.39, 0.29) is 12.2 Å². The van der Waals surface area contributed by atoms with E-state index in [0.717, 1.165) is 12.8 Å². The Morgan fingerprint density at radius 1 is 1.08 bits per heavy atom. The van der Waals surface area contributed by atoms with Crippen LogP contribution in [0.2, 0.25) is 0 Å². The molecule has 0 radical (unpaired) electrons. The topological polar surface area (TPSA) is 18.5 Å². The van der Waals surface area contributed by atoms with E-state index in [2.05, 4.69) is 42.8 Å². The summed E-state index contributed by atoms with van der Waals surface area (Å²) in [5.74, 6) is -1.71. The first-order chi connectivity index (χ1) is 5.91. The van der Waals surface area contributed by atoms with Crippen LogP contribution in [0.15, 0.2) is 0 Å². The maximum absolute atomic E-state index is 5.79. The van der Waals surface area contributed by atoms with Crippen molar-refractivity contribution in [2.45, 2.75) is 52.7 Å². The van der Waals surface area contributed by atoms with E-state index >= 15 is 0 Å². The molecule has 0 N–H and O–H groups in total. The van der Waals surface area contributed by atoms with Crippen molar-refractivity contribution < 1.29 is 9.05 Å². The van der Waals surface area contributed by atoms with Gasteiger partial charge in [-0.2, -0.15) is 0 Å². The fourth-order valence-electron chi connectivity index (χ4n) is 0.828. The van der Waals surface area contributed by atoms with Gasteiger partial charge in [-0.3, -0.25) is 0 Å². The summed E-state index contributed by atoms with van der Waals surface area (Å²) < 4.78 is 11.6. The molecular formula is C9H21O2PSe. The molecular weight excluding hydrogens is 250 g/mol. The van der Waals surface area contributed by atoms with Gasteiger partial charge in [-0.15, -0.1) is 0 Å². The molecule has 2 nitrogen and oxygen atoms in total. The molecule has 0 aliphatic heterocycles. The summed E-state index contributed by atoms with van der Waals surface area (Å²) in [5, 5.41) is 0. The van der Waals surface area contributed by atoms with Crippen molar-refractivity contribution in [1.82, 2.24) is 0 Å². The molecule has 0 spiro atoms. The first kappa shape index (κ1) is 13.9. The zero-order valence-electron chi connectivity index (χ0n) is 9.24. The maximum atomic E-state index is 5.79. The van der Waals surface area contributed by atoms with E-state index < -0.39 is 5.96 Å². The summed E-state index contributed by atoms with van der Waals surface area (Å²) in [6.45, 7) is 10.4. The van der Waals surface area contributed by atoms with Gasteiger partial charge >= 0.3 is 89.5 Å². The standard InChI is InChI=1S/C9H21O2PSe/c1-6-8(3)10-12(5,13)11-9(4)7-2/h8-9H,6-7H2,1-5H3. The average Bonchev–Trinajstić information content (AvgIpc) is 2.02. The van der Waals surface area contributed by atoms with Crippen LogP contribution in [-0.2, 0) is 9.05 Å². The van der Waals surface area contributed by atoms with Gasteiger partial charge in [-0.25, -0.2) is 0 Å². The molecule has 13 heavy (non-hydrogen) atoms. The molecule has 0 amide bonds. The second kappa shape index (κ2) is 6.37. The van der Waals surface area contributed by atoms with Crippen LogP contribution in [0.4, 0.5) is 0 Å².